The van der Waals surface area contributed by atoms with Gasteiger partial charge in [-0.05, 0) is 31.2 Å². The number of fused-ring (bicyclic) bond motifs is 1. The van der Waals surface area contributed by atoms with Crippen LogP contribution in [0.5, 0.6) is 0 Å². The molecule has 0 aliphatic heterocycles. The molecule has 1 N–H and O–H groups in total. The van der Waals surface area contributed by atoms with Gasteiger partial charge in [0, 0.05) is 11.6 Å². The molecular formula is C13H12N2O3. The number of nitrogens with one attached hydrogen (secondary N) is 1. The van der Waals surface area contributed by atoms with Crippen LogP contribution >= 0.6 is 0 Å². The highest BCUT2D eigenvalue weighted by atomic mass is 16.5. The molecule has 1 amide bonds. The monoisotopic (exact) mass is 244 g/mol. The molecule has 2 aromatic rings. The van der Waals surface area contributed by atoms with Crippen molar-refractivity contribution in [2.24, 2.45) is 0 Å². The summed E-state index contributed by atoms with van der Waals surface area (Å²) >= 11 is 0. The van der Waals surface area contributed by atoms with Crippen LogP contribution in [0.4, 0.5) is 5.69 Å². The van der Waals surface area contributed by atoms with Crippen molar-refractivity contribution in [2.75, 3.05) is 11.9 Å². The van der Waals surface area contributed by atoms with Crippen LogP contribution in [0, 0.1) is 0 Å². The van der Waals surface area contributed by atoms with E-state index in [1.165, 1.54) is 0 Å². The number of carbonyl (C=O) groups is 2. The van der Waals surface area contributed by atoms with Gasteiger partial charge in [-0.1, -0.05) is 6.07 Å². The van der Waals surface area contributed by atoms with Crippen LogP contribution < -0.4 is 5.32 Å². The molecule has 0 saturated carbocycles. The van der Waals surface area contributed by atoms with Crippen LogP contribution in [-0.2, 0) is 14.3 Å². The number of hydrogen-bond donors (Lipinski definition) is 1. The van der Waals surface area contributed by atoms with Gasteiger partial charge in [0.25, 0.3) is 0 Å². The molecule has 0 bridgehead atoms. The fourth-order valence-electron chi connectivity index (χ4n) is 1.58. The molecule has 0 radical (unpaired) electrons. The molecule has 0 saturated heterocycles. The highest BCUT2D eigenvalue weighted by Gasteiger charge is 2.15. The van der Waals surface area contributed by atoms with Gasteiger partial charge in [0.2, 0.25) is 0 Å². The minimum absolute atomic E-state index is 0.170. The molecule has 18 heavy (non-hydrogen) atoms. The summed E-state index contributed by atoms with van der Waals surface area (Å²) in [4.78, 5) is 26.9. The third-order valence-corrected chi connectivity index (χ3v) is 2.35. The highest BCUT2D eigenvalue weighted by Crippen LogP contribution is 2.21. The second kappa shape index (κ2) is 5.27. The van der Waals surface area contributed by atoms with Gasteiger partial charge >= 0.3 is 11.9 Å². The van der Waals surface area contributed by atoms with E-state index < -0.39 is 11.9 Å². The number of pyridine rings is 1. The molecule has 0 aliphatic carbocycles. The van der Waals surface area contributed by atoms with Crippen LogP contribution in [-0.4, -0.2) is 23.5 Å². The highest BCUT2D eigenvalue weighted by molar-refractivity contribution is 6.37. The van der Waals surface area contributed by atoms with Crippen molar-refractivity contribution in [3.05, 3.63) is 36.5 Å². The van der Waals surface area contributed by atoms with Gasteiger partial charge in [-0.25, -0.2) is 4.79 Å². The van der Waals surface area contributed by atoms with Crippen LogP contribution in [0.1, 0.15) is 6.92 Å². The zero-order valence-corrected chi connectivity index (χ0v) is 9.84. The van der Waals surface area contributed by atoms with E-state index in [1.807, 2.05) is 12.1 Å². The Labute approximate surface area is 104 Å². The number of hydrogen-bond acceptors (Lipinski definition) is 4. The van der Waals surface area contributed by atoms with Gasteiger partial charge in [0.1, 0.15) is 0 Å². The normalized spacial score (nSPS) is 10.1. The minimum atomic E-state index is -0.890. The van der Waals surface area contributed by atoms with Crippen molar-refractivity contribution in [1.82, 2.24) is 4.98 Å². The zero-order chi connectivity index (χ0) is 13.0. The maximum atomic E-state index is 11.5. The fraction of sp³-hybridized carbons (Fsp3) is 0.154. The minimum Gasteiger partial charge on any atom is -0.459 e. The molecule has 0 spiro atoms. The number of nitrogens with zero attached hydrogens (tertiary/aromatic N) is 1. The molecular weight excluding hydrogens is 232 g/mol. The van der Waals surface area contributed by atoms with E-state index in [1.54, 1.807) is 31.3 Å². The summed E-state index contributed by atoms with van der Waals surface area (Å²) in [6, 6.07) is 8.89. The van der Waals surface area contributed by atoms with Crippen molar-refractivity contribution < 1.29 is 14.3 Å². The van der Waals surface area contributed by atoms with E-state index in [-0.39, 0.29) is 6.61 Å². The standard InChI is InChI=1S/C13H12N2O3/c1-2-18-13(17)12(16)15-11-7-3-6-10-9(11)5-4-8-14-10/h3-8H,2H2,1H3,(H,15,16). The van der Waals surface area contributed by atoms with Crippen molar-refractivity contribution in [3.63, 3.8) is 0 Å². The van der Waals surface area contributed by atoms with Crippen molar-refractivity contribution in [1.29, 1.82) is 0 Å². The predicted molar refractivity (Wildman–Crippen MR) is 67.0 cm³/mol. The number of esters is 1. The second-order valence-corrected chi connectivity index (χ2v) is 3.55. The summed E-state index contributed by atoms with van der Waals surface area (Å²) < 4.78 is 4.62. The molecule has 2 rings (SSSR count). The molecule has 0 unspecified atom stereocenters. The summed E-state index contributed by atoms with van der Waals surface area (Å²) in [7, 11) is 0. The predicted octanol–water partition coefficient (Wildman–Crippen LogP) is 1.74. The van der Waals surface area contributed by atoms with E-state index in [2.05, 4.69) is 15.0 Å². The first-order chi connectivity index (χ1) is 8.72. The third kappa shape index (κ3) is 2.45. The number of rotatable bonds is 2. The molecule has 1 aromatic heterocycles. The lowest BCUT2D eigenvalue weighted by Crippen LogP contribution is -2.25. The van der Waals surface area contributed by atoms with Gasteiger partial charge in [0.15, 0.2) is 0 Å². The lowest BCUT2D eigenvalue weighted by atomic mass is 10.2. The van der Waals surface area contributed by atoms with E-state index >= 15 is 0 Å². The topological polar surface area (TPSA) is 68.3 Å². The van der Waals surface area contributed by atoms with Gasteiger partial charge in [-0.15, -0.1) is 0 Å². The van der Waals surface area contributed by atoms with Crippen molar-refractivity contribution in [3.8, 4) is 0 Å². The van der Waals surface area contributed by atoms with Crippen molar-refractivity contribution >= 4 is 28.5 Å². The molecule has 5 heteroatoms. The average molecular weight is 244 g/mol. The maximum absolute atomic E-state index is 11.5. The lowest BCUT2D eigenvalue weighted by Gasteiger charge is -2.07. The Morgan fingerprint density at radius 1 is 1.28 bits per heavy atom. The largest absolute Gasteiger partial charge is 0.459 e. The van der Waals surface area contributed by atoms with Gasteiger partial charge in [0.05, 0.1) is 17.8 Å². The molecule has 0 fully saturated rings. The second-order valence-electron chi connectivity index (χ2n) is 3.55. The summed E-state index contributed by atoms with van der Waals surface area (Å²) in [6.07, 6.45) is 1.67. The Balaban J connectivity index is 2.27. The molecule has 5 nitrogen and oxygen atoms in total. The van der Waals surface area contributed by atoms with E-state index in [0.29, 0.717) is 5.69 Å². The first-order valence-electron chi connectivity index (χ1n) is 5.54. The Kier molecular flexibility index (Phi) is 3.52. The average Bonchev–Trinajstić information content (AvgIpc) is 2.39. The SMILES string of the molecule is CCOC(=O)C(=O)Nc1cccc2ncccc12. The fourth-order valence-corrected chi connectivity index (χ4v) is 1.58. The summed E-state index contributed by atoms with van der Waals surface area (Å²) in [5.74, 6) is -1.67. The number of anilines is 1. The van der Waals surface area contributed by atoms with Gasteiger partial charge < -0.3 is 10.1 Å². The summed E-state index contributed by atoms with van der Waals surface area (Å²) in [5.41, 5.74) is 1.29. The zero-order valence-electron chi connectivity index (χ0n) is 9.84. The van der Waals surface area contributed by atoms with Crippen LogP contribution in [0.15, 0.2) is 36.5 Å². The Bertz CT molecular complexity index is 590. The van der Waals surface area contributed by atoms with E-state index in [9.17, 15) is 9.59 Å². The van der Waals surface area contributed by atoms with Gasteiger partial charge in [-0.2, -0.15) is 0 Å². The van der Waals surface area contributed by atoms with E-state index in [4.69, 9.17) is 0 Å². The van der Waals surface area contributed by atoms with E-state index in [0.717, 1.165) is 10.9 Å². The van der Waals surface area contributed by atoms with Gasteiger partial charge in [-0.3, -0.25) is 9.78 Å². The first kappa shape index (κ1) is 12.0. The third-order valence-electron chi connectivity index (χ3n) is 2.35. The number of amides is 1. The molecule has 92 valence electrons. The number of aromatic nitrogens is 1. The number of ether oxygens (including phenoxy) is 1. The molecule has 0 aliphatic rings. The Hall–Kier alpha value is -2.43. The Morgan fingerprint density at radius 2 is 2.11 bits per heavy atom. The molecule has 1 aromatic carbocycles. The summed E-state index contributed by atoms with van der Waals surface area (Å²) in [6.45, 7) is 1.82. The van der Waals surface area contributed by atoms with Crippen LogP contribution in [0.2, 0.25) is 0 Å². The van der Waals surface area contributed by atoms with Crippen LogP contribution in [0.3, 0.4) is 0 Å². The lowest BCUT2D eigenvalue weighted by molar-refractivity contribution is -0.152. The maximum Gasteiger partial charge on any atom is 0.397 e. The number of carbonyl (C=O) groups excluding carboxylic acids is 2. The number of benzene rings is 1. The first-order valence-corrected chi connectivity index (χ1v) is 5.54. The summed E-state index contributed by atoms with van der Waals surface area (Å²) in [5, 5.41) is 3.29. The molecule has 0 atom stereocenters. The smallest absolute Gasteiger partial charge is 0.397 e. The van der Waals surface area contributed by atoms with Crippen molar-refractivity contribution in [2.45, 2.75) is 6.92 Å². The quantitative estimate of drug-likeness (QED) is 0.645. The van der Waals surface area contributed by atoms with Crippen LogP contribution in [0.25, 0.3) is 10.9 Å². The molecule has 1 heterocycles. The Morgan fingerprint density at radius 3 is 2.89 bits per heavy atom.